The number of para-hydroxylation sites is 2. The molecule has 0 amide bonds. The van der Waals surface area contributed by atoms with Gasteiger partial charge in [0.15, 0.2) is 0 Å². The maximum Gasteiger partial charge on any atom is 0.0601 e. The second-order valence-corrected chi connectivity index (χ2v) is 7.47. The molecule has 0 radical (unpaired) electrons. The standard InChI is InChI=1S/C22H17NS/c1-15-13-16-7-6-10-18(17(16)14-15)23-19-8-2-4-11-21(19)24-22-12-5-3-9-20(22)23/h2-12,14H,13H2,1H3. The minimum absolute atomic E-state index is 1.06. The van der Waals surface area contributed by atoms with Crippen LogP contribution < -0.4 is 4.90 Å². The molecule has 0 fully saturated rings. The highest BCUT2D eigenvalue weighted by molar-refractivity contribution is 7.99. The fourth-order valence-corrected chi connectivity index (χ4v) is 4.74. The summed E-state index contributed by atoms with van der Waals surface area (Å²) in [6, 6.07) is 24.1. The molecule has 1 aliphatic carbocycles. The lowest BCUT2D eigenvalue weighted by Gasteiger charge is -2.33. The summed E-state index contributed by atoms with van der Waals surface area (Å²) in [6.07, 6.45) is 3.41. The van der Waals surface area contributed by atoms with Crippen LogP contribution in [0.25, 0.3) is 6.08 Å². The van der Waals surface area contributed by atoms with Crippen molar-refractivity contribution in [3.05, 3.63) is 83.4 Å². The van der Waals surface area contributed by atoms with Crippen LogP contribution in [0.3, 0.4) is 0 Å². The second-order valence-electron chi connectivity index (χ2n) is 6.39. The van der Waals surface area contributed by atoms with Gasteiger partial charge in [-0.3, -0.25) is 0 Å². The second kappa shape index (κ2) is 5.29. The predicted octanol–water partition coefficient (Wildman–Crippen LogP) is 6.58. The highest BCUT2D eigenvalue weighted by atomic mass is 32.2. The Balaban J connectivity index is 1.80. The summed E-state index contributed by atoms with van der Waals surface area (Å²) in [5.74, 6) is 0. The maximum atomic E-state index is 2.43. The normalized spacial score (nSPS) is 14.7. The van der Waals surface area contributed by atoms with E-state index >= 15 is 0 Å². The zero-order valence-corrected chi connectivity index (χ0v) is 14.3. The van der Waals surface area contributed by atoms with Gasteiger partial charge in [-0.15, -0.1) is 0 Å². The molecule has 24 heavy (non-hydrogen) atoms. The summed E-state index contributed by atoms with van der Waals surface area (Å²) in [5, 5.41) is 0. The van der Waals surface area contributed by atoms with E-state index in [1.807, 2.05) is 11.8 Å². The number of anilines is 3. The lowest BCUT2D eigenvalue weighted by molar-refractivity contribution is 1.15. The van der Waals surface area contributed by atoms with Crippen LogP contribution >= 0.6 is 11.8 Å². The summed E-state index contributed by atoms with van der Waals surface area (Å²) >= 11 is 1.86. The molecule has 1 aliphatic heterocycles. The largest absolute Gasteiger partial charge is 0.308 e. The fourth-order valence-electron chi connectivity index (χ4n) is 3.68. The molecule has 0 spiro atoms. The first-order valence-corrected chi connectivity index (χ1v) is 9.08. The number of nitrogens with zero attached hydrogens (tertiary/aromatic N) is 1. The van der Waals surface area contributed by atoms with E-state index in [-0.39, 0.29) is 0 Å². The maximum absolute atomic E-state index is 2.43. The molecule has 2 heteroatoms. The van der Waals surface area contributed by atoms with Gasteiger partial charge in [-0.25, -0.2) is 0 Å². The average Bonchev–Trinajstić information content (AvgIpc) is 3.00. The molecule has 2 aliphatic rings. The molecule has 0 bridgehead atoms. The van der Waals surface area contributed by atoms with E-state index in [4.69, 9.17) is 0 Å². The van der Waals surface area contributed by atoms with Crippen LogP contribution in [0, 0.1) is 0 Å². The number of benzene rings is 3. The van der Waals surface area contributed by atoms with Gasteiger partial charge < -0.3 is 4.90 Å². The quantitative estimate of drug-likeness (QED) is 0.388. The summed E-state index contributed by atoms with van der Waals surface area (Å²) < 4.78 is 0. The van der Waals surface area contributed by atoms with E-state index in [2.05, 4.69) is 84.6 Å². The molecule has 0 aromatic heterocycles. The minimum atomic E-state index is 1.06. The van der Waals surface area contributed by atoms with Crippen LogP contribution in [-0.2, 0) is 6.42 Å². The molecule has 0 N–H and O–H groups in total. The van der Waals surface area contributed by atoms with Crippen LogP contribution in [-0.4, -0.2) is 0 Å². The van der Waals surface area contributed by atoms with E-state index in [1.165, 1.54) is 43.6 Å². The summed E-state index contributed by atoms with van der Waals surface area (Å²) in [4.78, 5) is 5.05. The van der Waals surface area contributed by atoms with Gasteiger partial charge in [-0.05, 0) is 49.2 Å². The number of allylic oxidation sites excluding steroid dienone is 1. The van der Waals surface area contributed by atoms with Crippen molar-refractivity contribution in [1.82, 2.24) is 0 Å². The van der Waals surface area contributed by atoms with Gasteiger partial charge in [-0.1, -0.05) is 59.8 Å². The summed E-state index contributed by atoms with van der Waals surface area (Å²) in [7, 11) is 0. The van der Waals surface area contributed by atoms with E-state index in [0.29, 0.717) is 0 Å². The van der Waals surface area contributed by atoms with E-state index in [9.17, 15) is 0 Å². The van der Waals surface area contributed by atoms with Crippen molar-refractivity contribution in [2.45, 2.75) is 23.1 Å². The number of hydrogen-bond donors (Lipinski definition) is 0. The Bertz CT molecular complexity index is 941. The molecule has 5 rings (SSSR count). The molecule has 0 saturated heterocycles. The first kappa shape index (κ1) is 13.9. The van der Waals surface area contributed by atoms with Crippen molar-refractivity contribution in [3.63, 3.8) is 0 Å². The van der Waals surface area contributed by atoms with E-state index in [1.54, 1.807) is 0 Å². The minimum Gasteiger partial charge on any atom is -0.308 e. The SMILES string of the molecule is CC1=Cc2c(cccc2N2c3ccccc3Sc3ccccc32)C1. The zero-order valence-electron chi connectivity index (χ0n) is 13.5. The molecular weight excluding hydrogens is 310 g/mol. The Morgan fingerprint density at radius 2 is 1.38 bits per heavy atom. The number of hydrogen-bond acceptors (Lipinski definition) is 2. The van der Waals surface area contributed by atoms with Crippen LogP contribution in [0.5, 0.6) is 0 Å². The van der Waals surface area contributed by atoms with Crippen molar-refractivity contribution >= 4 is 34.9 Å². The molecule has 1 heterocycles. The average molecular weight is 327 g/mol. The predicted molar refractivity (Wildman–Crippen MR) is 103 cm³/mol. The van der Waals surface area contributed by atoms with Gasteiger partial charge in [0.05, 0.1) is 17.1 Å². The van der Waals surface area contributed by atoms with Crippen LogP contribution in [0.1, 0.15) is 18.1 Å². The fraction of sp³-hybridized carbons (Fsp3) is 0.0909. The Labute approximate surface area is 146 Å². The topological polar surface area (TPSA) is 3.24 Å². The monoisotopic (exact) mass is 327 g/mol. The third-order valence-electron chi connectivity index (χ3n) is 4.71. The molecule has 0 saturated carbocycles. The van der Waals surface area contributed by atoms with E-state index in [0.717, 1.165) is 6.42 Å². The van der Waals surface area contributed by atoms with Crippen molar-refractivity contribution in [2.24, 2.45) is 0 Å². The lowest BCUT2D eigenvalue weighted by atomic mass is 10.1. The van der Waals surface area contributed by atoms with Crippen molar-refractivity contribution in [3.8, 4) is 0 Å². The molecule has 0 atom stereocenters. The van der Waals surface area contributed by atoms with E-state index < -0.39 is 0 Å². The zero-order chi connectivity index (χ0) is 16.1. The lowest BCUT2D eigenvalue weighted by Crippen LogP contribution is -2.15. The molecule has 3 aromatic carbocycles. The van der Waals surface area contributed by atoms with Gasteiger partial charge in [-0.2, -0.15) is 0 Å². The van der Waals surface area contributed by atoms with Crippen LogP contribution in [0.2, 0.25) is 0 Å². The highest BCUT2D eigenvalue weighted by Crippen LogP contribution is 2.52. The third-order valence-corrected chi connectivity index (χ3v) is 5.84. The first-order valence-electron chi connectivity index (χ1n) is 8.26. The van der Waals surface area contributed by atoms with Gasteiger partial charge in [0.25, 0.3) is 0 Å². The van der Waals surface area contributed by atoms with Gasteiger partial charge in [0.1, 0.15) is 0 Å². The molecule has 1 nitrogen and oxygen atoms in total. The number of fused-ring (bicyclic) bond motifs is 3. The third kappa shape index (κ3) is 2.03. The molecular formula is C22H17NS. The Kier molecular flexibility index (Phi) is 3.07. The molecule has 0 unspecified atom stereocenters. The van der Waals surface area contributed by atoms with Crippen LogP contribution in [0.15, 0.2) is 82.1 Å². The Hall–Kier alpha value is -2.45. The van der Waals surface area contributed by atoms with Crippen molar-refractivity contribution < 1.29 is 0 Å². The molecule has 116 valence electrons. The van der Waals surface area contributed by atoms with Gasteiger partial charge in [0.2, 0.25) is 0 Å². The Morgan fingerprint density at radius 1 is 0.750 bits per heavy atom. The summed E-state index contributed by atoms with van der Waals surface area (Å²) in [6.45, 7) is 2.22. The highest BCUT2D eigenvalue weighted by Gasteiger charge is 2.27. The van der Waals surface area contributed by atoms with Crippen LogP contribution in [0.4, 0.5) is 17.1 Å². The van der Waals surface area contributed by atoms with Gasteiger partial charge in [0, 0.05) is 15.4 Å². The number of rotatable bonds is 1. The molecule has 3 aromatic rings. The smallest absolute Gasteiger partial charge is 0.0601 e. The summed E-state index contributed by atoms with van der Waals surface area (Å²) in [5.41, 5.74) is 8.06. The van der Waals surface area contributed by atoms with Crippen molar-refractivity contribution in [2.75, 3.05) is 4.90 Å². The van der Waals surface area contributed by atoms with Crippen molar-refractivity contribution in [1.29, 1.82) is 0 Å². The Morgan fingerprint density at radius 3 is 2.08 bits per heavy atom. The van der Waals surface area contributed by atoms with Gasteiger partial charge >= 0.3 is 0 Å². The first-order chi connectivity index (χ1) is 11.8.